The molecule has 282 valence electrons. The number of amides is 1. The SMILES string of the molecule is COC[C@@H](C)n1cc(-c2ncc(C(=O)NC3(C(=O)O)CC4CC(C)CC3C4)c(C(C)(F)F)n2)c2ccc(O[C@H]3CC[C@H](N4CC(F)(F)C4)CC3)cc21. The Bertz CT molecular complexity index is 1830. The van der Waals surface area contributed by atoms with Crippen molar-refractivity contribution in [1.82, 2.24) is 24.8 Å². The molecule has 2 bridgehead atoms. The van der Waals surface area contributed by atoms with Crippen LogP contribution in [0.15, 0.2) is 30.6 Å². The maximum Gasteiger partial charge on any atom is 0.329 e. The summed E-state index contributed by atoms with van der Waals surface area (Å²) in [6.07, 6.45) is 8.25. The summed E-state index contributed by atoms with van der Waals surface area (Å²) in [4.78, 5) is 36.9. The maximum absolute atomic E-state index is 15.3. The van der Waals surface area contributed by atoms with E-state index in [-0.39, 0.29) is 55.4 Å². The van der Waals surface area contributed by atoms with E-state index in [0.29, 0.717) is 49.0 Å². The fraction of sp³-hybridized carbons (Fsp3) is 0.632. The first-order chi connectivity index (χ1) is 24.6. The van der Waals surface area contributed by atoms with E-state index in [1.165, 1.54) is 0 Å². The summed E-state index contributed by atoms with van der Waals surface area (Å²) in [5.74, 6) is -7.45. The number of carboxylic acids is 1. The summed E-state index contributed by atoms with van der Waals surface area (Å²) < 4.78 is 71.2. The molecule has 10 nitrogen and oxygen atoms in total. The van der Waals surface area contributed by atoms with Gasteiger partial charge in [0.1, 0.15) is 17.0 Å². The first kappa shape index (κ1) is 36.6. The third kappa shape index (κ3) is 6.88. The molecule has 3 heterocycles. The van der Waals surface area contributed by atoms with Crippen molar-refractivity contribution in [1.29, 1.82) is 0 Å². The zero-order valence-corrected chi connectivity index (χ0v) is 30.0. The van der Waals surface area contributed by atoms with Crippen LogP contribution in [0.4, 0.5) is 17.6 Å². The number of nitrogens with one attached hydrogen (secondary N) is 1. The van der Waals surface area contributed by atoms with E-state index in [4.69, 9.17) is 9.47 Å². The number of ether oxygens (including phenoxy) is 2. The number of hydrogen-bond acceptors (Lipinski definition) is 7. The highest BCUT2D eigenvalue weighted by Crippen LogP contribution is 2.51. The van der Waals surface area contributed by atoms with Gasteiger partial charge in [0, 0.05) is 49.5 Å². The van der Waals surface area contributed by atoms with Crippen molar-refractivity contribution in [2.24, 2.45) is 17.8 Å². The van der Waals surface area contributed by atoms with Crippen LogP contribution < -0.4 is 10.1 Å². The van der Waals surface area contributed by atoms with Gasteiger partial charge in [-0.25, -0.2) is 23.5 Å². The summed E-state index contributed by atoms with van der Waals surface area (Å²) in [6, 6.07) is 5.49. The van der Waals surface area contributed by atoms with E-state index in [1.807, 2.05) is 28.5 Å². The molecule has 2 aromatic heterocycles. The van der Waals surface area contributed by atoms with Crippen LogP contribution in [0.2, 0.25) is 0 Å². The quantitative estimate of drug-likeness (QED) is 0.202. The monoisotopic (exact) mass is 729 g/mol. The molecule has 0 radical (unpaired) electrons. The van der Waals surface area contributed by atoms with Crippen LogP contribution in [-0.4, -0.2) is 86.8 Å². The number of likely N-dealkylation sites (tertiary alicyclic amines) is 1. The fourth-order valence-electron chi connectivity index (χ4n) is 9.38. The van der Waals surface area contributed by atoms with Crippen molar-refractivity contribution < 1.29 is 41.7 Å². The molecule has 1 amide bonds. The predicted octanol–water partition coefficient (Wildman–Crippen LogP) is 7.07. The summed E-state index contributed by atoms with van der Waals surface area (Å²) in [5.41, 5.74) is -1.57. The Labute approximate surface area is 300 Å². The normalized spacial score (nSPS) is 29.4. The van der Waals surface area contributed by atoms with Gasteiger partial charge in [0.05, 0.1) is 42.9 Å². The second-order valence-corrected chi connectivity index (χ2v) is 15.9. The molecular weight excluding hydrogens is 682 g/mol. The van der Waals surface area contributed by atoms with Crippen molar-refractivity contribution in [2.45, 2.75) is 108 Å². The number of fused-ring (bicyclic) bond motifs is 3. The minimum absolute atomic E-state index is 0.0106. The molecule has 4 fully saturated rings. The number of hydrogen-bond donors (Lipinski definition) is 2. The number of aromatic nitrogens is 3. The third-order valence-electron chi connectivity index (χ3n) is 11.8. The number of carbonyl (C=O) groups excluding carboxylic acids is 1. The van der Waals surface area contributed by atoms with Crippen molar-refractivity contribution >= 4 is 22.8 Å². The molecule has 3 saturated carbocycles. The molecule has 14 heteroatoms. The van der Waals surface area contributed by atoms with Crippen LogP contribution in [0, 0.1) is 17.8 Å². The Morgan fingerprint density at radius 2 is 1.87 bits per heavy atom. The van der Waals surface area contributed by atoms with Crippen LogP contribution in [0.5, 0.6) is 5.75 Å². The maximum atomic E-state index is 15.3. The Morgan fingerprint density at radius 1 is 1.13 bits per heavy atom. The number of benzene rings is 1. The molecular formula is C38H47F4N5O5. The van der Waals surface area contributed by atoms with Crippen molar-refractivity contribution in [2.75, 3.05) is 26.8 Å². The van der Waals surface area contributed by atoms with Crippen molar-refractivity contribution in [3.8, 4) is 17.1 Å². The molecule has 0 spiro atoms. The number of alkyl halides is 4. The average molecular weight is 730 g/mol. The second kappa shape index (κ2) is 13.6. The highest BCUT2D eigenvalue weighted by molar-refractivity contribution is 6.00. The van der Waals surface area contributed by atoms with Gasteiger partial charge in [0.2, 0.25) is 0 Å². The molecule has 4 unspecified atom stereocenters. The topological polar surface area (TPSA) is 119 Å². The van der Waals surface area contributed by atoms with Gasteiger partial charge in [-0.1, -0.05) is 6.92 Å². The summed E-state index contributed by atoms with van der Waals surface area (Å²) in [5, 5.41) is 13.7. The number of aliphatic carboxylic acids is 1. The Hall–Kier alpha value is -3.78. The molecule has 1 aromatic carbocycles. The fourth-order valence-corrected chi connectivity index (χ4v) is 9.38. The van der Waals surface area contributed by atoms with Crippen LogP contribution in [0.1, 0.15) is 94.2 Å². The van der Waals surface area contributed by atoms with Crippen LogP contribution >= 0.6 is 0 Å². The second-order valence-electron chi connectivity index (χ2n) is 15.9. The first-order valence-corrected chi connectivity index (χ1v) is 18.3. The summed E-state index contributed by atoms with van der Waals surface area (Å²) in [7, 11) is 1.59. The van der Waals surface area contributed by atoms with Gasteiger partial charge in [0.15, 0.2) is 5.82 Å². The van der Waals surface area contributed by atoms with E-state index < -0.39 is 40.5 Å². The van der Waals surface area contributed by atoms with Gasteiger partial charge in [-0.2, -0.15) is 8.78 Å². The predicted molar refractivity (Wildman–Crippen MR) is 185 cm³/mol. The summed E-state index contributed by atoms with van der Waals surface area (Å²) in [6.45, 7) is 4.68. The number of nitrogens with zero attached hydrogens (tertiary/aromatic N) is 4. The molecule has 7 rings (SSSR count). The standard InChI is InChI=1S/C38H47F4N5O5/c1-21-11-23-13-24(12-21)38(15-23,35(49)50)45-34(48)29-16-43-33(44-32(29)36(3,39)40)30-17-47(22(2)18-51-4)31-14-27(9-10-28(30)31)52-26-7-5-25(6-8-26)46-19-37(41,42)20-46/h9-10,14,16-17,21-26H,5-8,11-13,15,18-20H2,1-4H3,(H,45,48)(H,49,50)/t21?,22-,23?,24?,25-,26-,38?/m1/s1. The lowest BCUT2D eigenvalue weighted by molar-refractivity contribution is -0.151. The summed E-state index contributed by atoms with van der Waals surface area (Å²) >= 11 is 0. The molecule has 2 N–H and O–H groups in total. The average Bonchev–Trinajstić information content (AvgIpc) is 3.57. The van der Waals surface area contributed by atoms with E-state index >= 15 is 8.78 Å². The van der Waals surface area contributed by atoms with Gasteiger partial charge in [-0.05, 0) is 88.2 Å². The Kier molecular flexibility index (Phi) is 9.54. The number of halogens is 4. The Morgan fingerprint density at radius 3 is 2.52 bits per heavy atom. The lowest BCUT2D eigenvalue weighted by Crippen LogP contribution is -2.60. The molecule has 5 atom stereocenters. The highest BCUT2D eigenvalue weighted by Gasteiger charge is 2.56. The smallest absolute Gasteiger partial charge is 0.329 e. The van der Waals surface area contributed by atoms with Crippen molar-refractivity contribution in [3.63, 3.8) is 0 Å². The van der Waals surface area contributed by atoms with Crippen LogP contribution in [-0.2, 0) is 15.5 Å². The van der Waals surface area contributed by atoms with Gasteiger partial charge in [-0.3, -0.25) is 9.69 Å². The van der Waals surface area contributed by atoms with Crippen LogP contribution in [0.3, 0.4) is 0 Å². The molecule has 52 heavy (non-hydrogen) atoms. The molecule has 3 aromatic rings. The highest BCUT2D eigenvalue weighted by atomic mass is 19.3. The molecule has 4 aliphatic rings. The van der Waals surface area contributed by atoms with Gasteiger partial charge < -0.3 is 24.5 Å². The minimum Gasteiger partial charge on any atom is -0.490 e. The first-order valence-electron chi connectivity index (χ1n) is 18.3. The van der Waals surface area contributed by atoms with E-state index in [2.05, 4.69) is 22.2 Å². The van der Waals surface area contributed by atoms with Gasteiger partial charge in [0.25, 0.3) is 17.8 Å². The zero-order valence-electron chi connectivity index (χ0n) is 30.0. The van der Waals surface area contributed by atoms with Gasteiger partial charge in [-0.15, -0.1) is 0 Å². The zero-order chi connectivity index (χ0) is 37.2. The van der Waals surface area contributed by atoms with Gasteiger partial charge >= 0.3 is 5.97 Å². The minimum atomic E-state index is -3.54. The largest absolute Gasteiger partial charge is 0.490 e. The van der Waals surface area contributed by atoms with E-state index in [1.54, 1.807) is 19.4 Å². The molecule has 3 aliphatic carbocycles. The third-order valence-corrected chi connectivity index (χ3v) is 11.8. The lowest BCUT2D eigenvalue weighted by Gasteiger charge is -2.46. The molecule has 1 aliphatic heterocycles. The molecule has 1 saturated heterocycles. The number of carbonyl (C=O) groups is 2. The lowest BCUT2D eigenvalue weighted by atomic mass is 9.78. The van der Waals surface area contributed by atoms with Crippen molar-refractivity contribution in [3.05, 3.63) is 41.9 Å². The number of methoxy groups -OCH3 is 1. The van der Waals surface area contributed by atoms with Crippen LogP contribution in [0.25, 0.3) is 22.3 Å². The Balaban J connectivity index is 1.16. The number of rotatable bonds is 11. The number of carboxylic acid groups (broad SMARTS) is 1. The van der Waals surface area contributed by atoms with E-state index in [9.17, 15) is 23.5 Å². The van der Waals surface area contributed by atoms with E-state index in [0.717, 1.165) is 43.8 Å².